The summed E-state index contributed by atoms with van der Waals surface area (Å²) in [6.07, 6.45) is 1.60. The summed E-state index contributed by atoms with van der Waals surface area (Å²) in [6.45, 7) is 7.10. The summed E-state index contributed by atoms with van der Waals surface area (Å²) in [5.41, 5.74) is 0.908. The van der Waals surface area contributed by atoms with Crippen molar-refractivity contribution in [2.45, 2.75) is 45.9 Å². The van der Waals surface area contributed by atoms with E-state index < -0.39 is 0 Å². The van der Waals surface area contributed by atoms with Gasteiger partial charge in [0.1, 0.15) is 6.23 Å². The van der Waals surface area contributed by atoms with E-state index in [1.807, 2.05) is 23.1 Å². The zero-order valence-corrected chi connectivity index (χ0v) is 12.5. The van der Waals surface area contributed by atoms with Gasteiger partial charge in [0.25, 0.3) is 0 Å². The highest BCUT2D eigenvalue weighted by atomic mass is 16.5. The average molecular weight is 273 g/mol. The maximum absolute atomic E-state index is 12.9. The zero-order chi connectivity index (χ0) is 14.3. The Morgan fingerprint density at radius 3 is 2.70 bits per heavy atom. The lowest BCUT2D eigenvalue weighted by Crippen LogP contribution is -2.42. The largest absolute Gasteiger partial charge is 0.356 e. The maximum atomic E-state index is 12.9. The fraction of sp³-hybridized carbons (Fsp3) is 0.588. The van der Waals surface area contributed by atoms with Crippen LogP contribution < -0.4 is 0 Å². The van der Waals surface area contributed by atoms with Crippen molar-refractivity contribution in [2.75, 3.05) is 6.61 Å². The van der Waals surface area contributed by atoms with Gasteiger partial charge in [-0.3, -0.25) is 4.79 Å². The molecule has 0 bridgehead atoms. The van der Waals surface area contributed by atoms with E-state index in [0.717, 1.165) is 12.8 Å². The van der Waals surface area contributed by atoms with Crippen molar-refractivity contribution < 1.29 is 9.53 Å². The Labute approximate surface area is 120 Å². The number of amides is 1. The first kappa shape index (κ1) is 13.6. The van der Waals surface area contributed by atoms with E-state index >= 15 is 0 Å². The van der Waals surface area contributed by atoms with Gasteiger partial charge < -0.3 is 9.64 Å². The quantitative estimate of drug-likeness (QED) is 0.847. The van der Waals surface area contributed by atoms with Crippen LogP contribution in [-0.2, 0) is 16.0 Å². The van der Waals surface area contributed by atoms with Gasteiger partial charge in [-0.2, -0.15) is 0 Å². The second-order valence-electron chi connectivity index (χ2n) is 6.74. The van der Waals surface area contributed by atoms with E-state index in [9.17, 15) is 4.79 Å². The fourth-order valence-electron chi connectivity index (χ4n) is 3.51. The van der Waals surface area contributed by atoms with Gasteiger partial charge in [0.15, 0.2) is 0 Å². The maximum Gasteiger partial charge on any atom is 0.231 e. The molecule has 20 heavy (non-hydrogen) atoms. The third-order valence-corrected chi connectivity index (χ3v) is 4.71. The van der Waals surface area contributed by atoms with Crippen LogP contribution in [0.5, 0.6) is 0 Å². The Hall–Kier alpha value is -1.35. The van der Waals surface area contributed by atoms with Crippen LogP contribution in [-0.4, -0.2) is 29.7 Å². The highest BCUT2D eigenvalue weighted by Crippen LogP contribution is 2.44. The van der Waals surface area contributed by atoms with Gasteiger partial charge in [-0.15, -0.1) is 0 Å². The monoisotopic (exact) mass is 273 g/mol. The number of ether oxygens (including phenoxy) is 1. The minimum absolute atomic E-state index is 0.0105. The molecule has 1 unspecified atom stereocenters. The standard InChI is InChI=1S/C17H23NO2/c1-12(2)14-11-20-15-10-17(3,16(19)18(14)15)9-13-7-5-4-6-8-13/h4-8,12,14-15H,9-11H2,1-3H3/t14-,15?,17-/m1/s1. The molecule has 0 radical (unpaired) electrons. The van der Waals surface area contributed by atoms with Crippen LogP contribution in [0.25, 0.3) is 0 Å². The summed E-state index contributed by atoms with van der Waals surface area (Å²) < 4.78 is 5.86. The van der Waals surface area contributed by atoms with Gasteiger partial charge in [0.05, 0.1) is 18.1 Å². The first-order valence-electron chi connectivity index (χ1n) is 7.49. The summed E-state index contributed by atoms with van der Waals surface area (Å²) in [6, 6.07) is 10.5. The van der Waals surface area contributed by atoms with Crippen LogP contribution in [0, 0.1) is 11.3 Å². The van der Waals surface area contributed by atoms with Gasteiger partial charge in [0.2, 0.25) is 5.91 Å². The zero-order valence-electron chi connectivity index (χ0n) is 12.5. The summed E-state index contributed by atoms with van der Waals surface area (Å²) in [5, 5.41) is 0. The van der Waals surface area contributed by atoms with Crippen molar-refractivity contribution in [3.8, 4) is 0 Å². The SMILES string of the molecule is CC(C)[C@H]1COC2C[C@@](C)(Cc3ccccc3)C(=O)N21. The number of carbonyl (C=O) groups is 1. The van der Waals surface area contributed by atoms with Gasteiger partial charge in [-0.05, 0) is 17.9 Å². The Balaban J connectivity index is 1.81. The average Bonchev–Trinajstić information content (AvgIpc) is 2.91. The lowest BCUT2D eigenvalue weighted by Gasteiger charge is -2.28. The Kier molecular flexibility index (Phi) is 3.33. The lowest BCUT2D eigenvalue weighted by atomic mass is 9.81. The number of rotatable bonds is 3. The Morgan fingerprint density at radius 2 is 2.05 bits per heavy atom. The third-order valence-electron chi connectivity index (χ3n) is 4.71. The summed E-state index contributed by atoms with van der Waals surface area (Å²) in [4.78, 5) is 14.9. The molecular weight excluding hydrogens is 250 g/mol. The van der Waals surface area contributed by atoms with E-state index in [2.05, 4.69) is 32.9 Å². The number of nitrogens with zero attached hydrogens (tertiary/aromatic N) is 1. The van der Waals surface area contributed by atoms with E-state index in [-0.39, 0.29) is 23.6 Å². The molecule has 2 aliphatic rings. The molecule has 0 aliphatic carbocycles. The van der Waals surface area contributed by atoms with Gasteiger partial charge >= 0.3 is 0 Å². The first-order valence-corrected chi connectivity index (χ1v) is 7.49. The summed E-state index contributed by atoms with van der Waals surface area (Å²) >= 11 is 0. The molecule has 1 amide bonds. The predicted molar refractivity (Wildman–Crippen MR) is 78.1 cm³/mol. The van der Waals surface area contributed by atoms with Crippen LogP contribution in [0.4, 0.5) is 0 Å². The van der Waals surface area contributed by atoms with E-state index in [1.54, 1.807) is 0 Å². The normalized spacial score (nSPS) is 33.0. The molecule has 2 saturated heterocycles. The summed E-state index contributed by atoms with van der Waals surface area (Å²) in [7, 11) is 0. The van der Waals surface area contributed by atoms with Crippen LogP contribution in [0.3, 0.4) is 0 Å². The lowest BCUT2D eigenvalue weighted by molar-refractivity contribution is -0.138. The third kappa shape index (κ3) is 2.14. The number of carbonyl (C=O) groups excluding carboxylic acids is 1. The highest BCUT2D eigenvalue weighted by molar-refractivity contribution is 5.85. The van der Waals surface area contributed by atoms with E-state index in [1.165, 1.54) is 5.56 Å². The van der Waals surface area contributed by atoms with Crippen molar-refractivity contribution in [2.24, 2.45) is 11.3 Å². The minimum atomic E-state index is -0.320. The molecule has 3 atom stereocenters. The van der Waals surface area contributed by atoms with Crippen molar-refractivity contribution in [1.82, 2.24) is 4.90 Å². The molecule has 1 aromatic rings. The molecule has 2 heterocycles. The number of hydrogen-bond acceptors (Lipinski definition) is 2. The van der Waals surface area contributed by atoms with E-state index in [0.29, 0.717) is 12.5 Å². The minimum Gasteiger partial charge on any atom is -0.356 e. The second-order valence-corrected chi connectivity index (χ2v) is 6.74. The van der Waals surface area contributed by atoms with Crippen LogP contribution in [0.2, 0.25) is 0 Å². The van der Waals surface area contributed by atoms with Crippen molar-refractivity contribution in [1.29, 1.82) is 0 Å². The van der Waals surface area contributed by atoms with Gasteiger partial charge in [-0.1, -0.05) is 51.1 Å². The molecule has 3 nitrogen and oxygen atoms in total. The first-order chi connectivity index (χ1) is 9.51. The summed E-state index contributed by atoms with van der Waals surface area (Å²) in [5.74, 6) is 0.713. The fourth-order valence-corrected chi connectivity index (χ4v) is 3.51. The molecule has 3 rings (SSSR count). The molecule has 0 N–H and O–H groups in total. The molecular formula is C17H23NO2. The predicted octanol–water partition coefficient (Wildman–Crippen LogP) is 2.85. The van der Waals surface area contributed by atoms with Crippen molar-refractivity contribution in [3.63, 3.8) is 0 Å². The second kappa shape index (κ2) is 4.88. The van der Waals surface area contributed by atoms with Crippen LogP contribution >= 0.6 is 0 Å². The van der Waals surface area contributed by atoms with E-state index in [4.69, 9.17) is 4.74 Å². The topological polar surface area (TPSA) is 29.5 Å². The molecule has 0 aromatic heterocycles. The Bertz CT molecular complexity index is 499. The van der Waals surface area contributed by atoms with Crippen molar-refractivity contribution in [3.05, 3.63) is 35.9 Å². The highest BCUT2D eigenvalue weighted by Gasteiger charge is 2.54. The van der Waals surface area contributed by atoms with Gasteiger partial charge in [-0.25, -0.2) is 0 Å². The van der Waals surface area contributed by atoms with Gasteiger partial charge in [0, 0.05) is 6.42 Å². The molecule has 2 aliphatic heterocycles. The number of benzene rings is 1. The van der Waals surface area contributed by atoms with Crippen LogP contribution in [0.15, 0.2) is 30.3 Å². The molecule has 0 saturated carbocycles. The number of fused-ring (bicyclic) bond motifs is 1. The number of hydrogen-bond donors (Lipinski definition) is 0. The molecule has 2 fully saturated rings. The van der Waals surface area contributed by atoms with Crippen LogP contribution in [0.1, 0.15) is 32.8 Å². The molecule has 1 aromatic carbocycles. The smallest absolute Gasteiger partial charge is 0.231 e. The Morgan fingerprint density at radius 1 is 1.35 bits per heavy atom. The molecule has 0 spiro atoms. The molecule has 3 heteroatoms. The van der Waals surface area contributed by atoms with Crippen molar-refractivity contribution >= 4 is 5.91 Å². The molecule has 108 valence electrons.